The molecule has 0 unspecified atom stereocenters. The first-order chi connectivity index (χ1) is 11.5. The highest BCUT2D eigenvalue weighted by atomic mass is 35.5. The first kappa shape index (κ1) is 16.7. The van der Waals surface area contributed by atoms with Crippen LogP contribution in [0.1, 0.15) is 13.8 Å². The predicted molar refractivity (Wildman–Crippen MR) is 94.9 cm³/mol. The summed E-state index contributed by atoms with van der Waals surface area (Å²) in [6, 6.07) is 6.81. The zero-order valence-corrected chi connectivity index (χ0v) is 14.8. The molecule has 0 saturated carbocycles. The zero-order valence-electron chi connectivity index (χ0n) is 13.3. The lowest BCUT2D eigenvalue weighted by Gasteiger charge is -2.07. The molecule has 24 heavy (non-hydrogen) atoms. The summed E-state index contributed by atoms with van der Waals surface area (Å²) in [6.45, 7) is 4.01. The average molecular weight is 368 g/mol. The predicted octanol–water partition coefficient (Wildman–Crippen LogP) is 5.10. The fourth-order valence-electron chi connectivity index (χ4n) is 2.26. The molecule has 0 saturated heterocycles. The summed E-state index contributed by atoms with van der Waals surface area (Å²) in [4.78, 5) is 13.0. The third kappa shape index (κ3) is 3.22. The normalized spacial score (nSPS) is 11.1. The molecule has 1 aromatic carbocycles. The summed E-state index contributed by atoms with van der Waals surface area (Å²) in [6.07, 6.45) is 0. The van der Waals surface area contributed by atoms with Gasteiger partial charge in [0.25, 0.3) is 0 Å². The Morgan fingerprint density at radius 1 is 1.25 bits per heavy atom. The summed E-state index contributed by atoms with van der Waals surface area (Å²) in [5, 5.41) is 4.41. The Kier molecular flexibility index (Phi) is 4.73. The summed E-state index contributed by atoms with van der Waals surface area (Å²) in [7, 11) is 1.55. The molecule has 0 aliphatic heterocycles. The molecule has 5 nitrogen and oxygen atoms in total. The van der Waals surface area contributed by atoms with Gasteiger partial charge in [-0.25, -0.2) is 9.97 Å². The molecule has 126 valence electrons. The topological polar surface area (TPSA) is 56.3 Å². The van der Waals surface area contributed by atoms with E-state index in [1.807, 2.05) is 13.8 Å². The molecule has 0 amide bonds. The molecular formula is C16H15ClFN3O2S. The van der Waals surface area contributed by atoms with Crippen LogP contribution in [0.25, 0.3) is 22.3 Å². The molecule has 1 N–H and O–H groups in total. The molecule has 0 aliphatic rings. The van der Waals surface area contributed by atoms with Gasteiger partial charge in [0.05, 0.1) is 18.3 Å². The number of ether oxygens (including phenoxy) is 1. The molecule has 3 rings (SSSR count). The smallest absolute Gasteiger partial charge is 0.184 e. The minimum Gasteiger partial charge on any atom is -0.497 e. The third-order valence-electron chi connectivity index (χ3n) is 3.30. The van der Waals surface area contributed by atoms with Gasteiger partial charge in [-0.15, -0.1) is 0 Å². The highest BCUT2D eigenvalue weighted by Crippen LogP contribution is 2.38. The van der Waals surface area contributed by atoms with E-state index in [0.717, 1.165) is 0 Å². The largest absolute Gasteiger partial charge is 0.497 e. The van der Waals surface area contributed by atoms with Gasteiger partial charge in [0, 0.05) is 28.1 Å². The van der Waals surface area contributed by atoms with Crippen LogP contribution in [0.2, 0.25) is 4.34 Å². The lowest BCUT2D eigenvalue weighted by molar-refractivity contribution is -0.00424. The van der Waals surface area contributed by atoms with Gasteiger partial charge in [-0.3, -0.25) is 4.94 Å². The first-order valence-corrected chi connectivity index (χ1v) is 8.42. The van der Waals surface area contributed by atoms with Crippen molar-refractivity contribution in [3.05, 3.63) is 28.6 Å². The monoisotopic (exact) mass is 367 g/mol. The molecule has 2 aromatic heterocycles. The van der Waals surface area contributed by atoms with Crippen molar-refractivity contribution in [2.24, 2.45) is 0 Å². The number of thiazole rings is 1. The molecule has 0 bridgehead atoms. The van der Waals surface area contributed by atoms with Gasteiger partial charge in [0.15, 0.2) is 10.9 Å². The van der Waals surface area contributed by atoms with Crippen LogP contribution in [-0.2, 0) is 0 Å². The summed E-state index contributed by atoms with van der Waals surface area (Å²) < 4.78 is 18.6. The van der Waals surface area contributed by atoms with Crippen molar-refractivity contribution in [2.75, 3.05) is 12.4 Å². The second kappa shape index (κ2) is 6.78. The minimum atomic E-state index is 0.0556. The van der Waals surface area contributed by atoms with Crippen molar-refractivity contribution in [1.29, 1.82) is 0 Å². The maximum absolute atomic E-state index is 13.0. The van der Waals surface area contributed by atoms with E-state index in [1.54, 1.807) is 25.3 Å². The van der Waals surface area contributed by atoms with Crippen molar-refractivity contribution in [3.63, 3.8) is 0 Å². The van der Waals surface area contributed by atoms with Crippen molar-refractivity contribution in [1.82, 2.24) is 9.97 Å². The highest BCUT2D eigenvalue weighted by Gasteiger charge is 2.17. The third-order valence-corrected chi connectivity index (χ3v) is 4.49. The van der Waals surface area contributed by atoms with Gasteiger partial charge < -0.3 is 10.1 Å². The number of halogens is 2. The number of methoxy groups -OCH3 is 1. The summed E-state index contributed by atoms with van der Waals surface area (Å²) >= 11 is 7.59. The lowest BCUT2D eigenvalue weighted by Crippen LogP contribution is -2.09. The van der Waals surface area contributed by atoms with Crippen LogP contribution >= 0.6 is 22.9 Å². The van der Waals surface area contributed by atoms with E-state index in [2.05, 4.69) is 20.2 Å². The fourth-order valence-corrected chi connectivity index (χ4v) is 3.46. The Hall–Kier alpha value is -2.12. The number of fused-ring (bicyclic) bond motifs is 1. The second-order valence-electron chi connectivity index (χ2n) is 5.41. The molecule has 3 aromatic rings. The van der Waals surface area contributed by atoms with Crippen LogP contribution in [0.5, 0.6) is 11.5 Å². The highest BCUT2D eigenvalue weighted by molar-refractivity contribution is 7.20. The Bertz CT molecular complexity index is 885. The Labute approximate surface area is 147 Å². The Morgan fingerprint density at radius 3 is 2.71 bits per heavy atom. The van der Waals surface area contributed by atoms with Crippen LogP contribution in [0.15, 0.2) is 24.3 Å². The number of hydrogen-bond acceptors (Lipinski definition) is 6. The van der Waals surface area contributed by atoms with E-state index in [9.17, 15) is 4.53 Å². The van der Waals surface area contributed by atoms with Gasteiger partial charge in [-0.2, -0.15) is 0 Å². The fraction of sp³-hybridized carbons (Fsp3) is 0.250. The molecule has 0 aliphatic carbocycles. The Morgan fingerprint density at radius 2 is 2.04 bits per heavy atom. The number of hydrogen-bond donors (Lipinski definition) is 1. The van der Waals surface area contributed by atoms with Crippen LogP contribution in [0, 0.1) is 0 Å². The first-order valence-electron chi connectivity index (χ1n) is 7.22. The number of benzene rings is 1. The van der Waals surface area contributed by atoms with Crippen molar-refractivity contribution in [3.8, 4) is 22.9 Å². The van der Waals surface area contributed by atoms with Crippen LogP contribution < -0.4 is 15.0 Å². The van der Waals surface area contributed by atoms with E-state index < -0.39 is 0 Å². The van der Waals surface area contributed by atoms with E-state index in [1.165, 1.54) is 17.4 Å². The van der Waals surface area contributed by atoms with Gasteiger partial charge in [0.2, 0.25) is 0 Å². The number of aromatic nitrogens is 2. The van der Waals surface area contributed by atoms with Crippen molar-refractivity contribution >= 4 is 39.0 Å². The number of nitrogens with one attached hydrogen (secondary N) is 1. The second-order valence-corrected chi connectivity index (χ2v) is 7.01. The molecule has 0 spiro atoms. The zero-order chi connectivity index (χ0) is 17.3. The lowest BCUT2D eigenvalue weighted by atomic mass is 10.1. The summed E-state index contributed by atoms with van der Waals surface area (Å²) in [5.41, 5.74) is 1.44. The van der Waals surface area contributed by atoms with Crippen LogP contribution in [-0.4, -0.2) is 23.1 Å². The van der Waals surface area contributed by atoms with Gasteiger partial charge in [0.1, 0.15) is 15.8 Å². The maximum atomic E-state index is 13.0. The molecule has 8 heteroatoms. The standard InChI is InChI=1S/C16H15ClFN3O2S/c1-8(2)19-16-21-14(15(17)24-16)12-7-13(23-18)10-5-4-9(22-3)6-11(10)20-12/h4-8H,1-3H3,(H,19,21). The maximum Gasteiger partial charge on any atom is 0.184 e. The SMILES string of the molecule is COc1ccc2c(OF)cc(-c3nc(NC(C)C)sc3Cl)nc2c1. The average Bonchev–Trinajstić information content (AvgIpc) is 2.92. The van der Waals surface area contributed by atoms with Crippen LogP contribution in [0.3, 0.4) is 0 Å². The number of rotatable bonds is 5. The number of anilines is 1. The van der Waals surface area contributed by atoms with Gasteiger partial charge >= 0.3 is 0 Å². The minimum absolute atomic E-state index is 0.0556. The van der Waals surface area contributed by atoms with E-state index >= 15 is 0 Å². The van der Waals surface area contributed by atoms with Crippen LogP contribution in [0.4, 0.5) is 9.66 Å². The van der Waals surface area contributed by atoms with Crippen molar-refractivity contribution in [2.45, 2.75) is 19.9 Å². The summed E-state index contributed by atoms with van der Waals surface area (Å²) in [5.74, 6) is 0.670. The Balaban J connectivity index is 2.14. The van der Waals surface area contributed by atoms with Gasteiger partial charge in [-0.05, 0) is 26.0 Å². The molecule has 0 radical (unpaired) electrons. The van der Waals surface area contributed by atoms with Crippen molar-refractivity contribution < 1.29 is 14.2 Å². The molecule has 0 atom stereocenters. The number of pyridine rings is 1. The number of nitrogens with zero attached hydrogens (tertiary/aromatic N) is 2. The van der Waals surface area contributed by atoms with E-state index in [-0.39, 0.29) is 11.8 Å². The van der Waals surface area contributed by atoms with E-state index in [0.29, 0.717) is 37.5 Å². The van der Waals surface area contributed by atoms with E-state index in [4.69, 9.17) is 16.3 Å². The van der Waals surface area contributed by atoms with Gasteiger partial charge in [-0.1, -0.05) is 22.9 Å². The molecule has 0 fully saturated rings. The molecule has 2 heterocycles. The molecular weight excluding hydrogens is 353 g/mol. The quantitative estimate of drug-likeness (QED) is 0.679.